The third-order valence-corrected chi connectivity index (χ3v) is 3.98. The Bertz CT molecular complexity index is 524. The van der Waals surface area contributed by atoms with Crippen molar-refractivity contribution in [1.82, 2.24) is 10.3 Å². The fourth-order valence-corrected chi connectivity index (χ4v) is 2.87. The Labute approximate surface area is 124 Å². The van der Waals surface area contributed by atoms with Crippen LogP contribution in [0.2, 0.25) is 0 Å². The lowest BCUT2D eigenvalue weighted by Gasteiger charge is -2.30. The van der Waals surface area contributed by atoms with Crippen LogP contribution >= 0.6 is 0 Å². The fourth-order valence-electron chi connectivity index (χ4n) is 2.87. The molecule has 114 valence electrons. The number of carbonyl (C=O) groups is 1. The molecular formula is C15H22N4O2. The number of rotatable bonds is 4. The smallest absolute Gasteiger partial charge is 0.253 e. The highest BCUT2D eigenvalue weighted by atomic mass is 16.4. The van der Waals surface area contributed by atoms with Crippen molar-refractivity contribution in [2.45, 2.75) is 45.1 Å². The molecule has 21 heavy (non-hydrogen) atoms. The molecule has 6 heteroatoms. The summed E-state index contributed by atoms with van der Waals surface area (Å²) in [6.07, 6.45) is 8.60. The van der Waals surface area contributed by atoms with Crippen LogP contribution in [0.25, 0.3) is 0 Å². The molecule has 1 aliphatic carbocycles. The second-order valence-corrected chi connectivity index (χ2v) is 5.63. The van der Waals surface area contributed by atoms with Crippen LogP contribution in [0.5, 0.6) is 0 Å². The van der Waals surface area contributed by atoms with Crippen LogP contribution in [0.3, 0.4) is 0 Å². The molecule has 6 nitrogen and oxygen atoms in total. The topological polar surface area (TPSA) is 101 Å². The van der Waals surface area contributed by atoms with Crippen molar-refractivity contribution in [2.24, 2.45) is 16.8 Å². The highest BCUT2D eigenvalue weighted by molar-refractivity contribution is 5.98. The van der Waals surface area contributed by atoms with Gasteiger partial charge in [-0.1, -0.05) is 24.4 Å². The largest absolute Gasteiger partial charge is 0.409 e. The number of amidine groups is 1. The summed E-state index contributed by atoms with van der Waals surface area (Å²) in [6.45, 7) is 1.88. The second kappa shape index (κ2) is 7.06. The van der Waals surface area contributed by atoms with E-state index in [-0.39, 0.29) is 17.7 Å². The van der Waals surface area contributed by atoms with Gasteiger partial charge in [0.15, 0.2) is 5.84 Å². The highest BCUT2D eigenvalue weighted by Gasteiger charge is 2.28. The summed E-state index contributed by atoms with van der Waals surface area (Å²) < 4.78 is 0. The minimum Gasteiger partial charge on any atom is -0.409 e. The maximum Gasteiger partial charge on any atom is 0.253 e. The number of pyridine rings is 1. The van der Waals surface area contributed by atoms with Crippen molar-refractivity contribution in [1.29, 1.82) is 0 Å². The third-order valence-electron chi connectivity index (χ3n) is 3.98. The summed E-state index contributed by atoms with van der Waals surface area (Å²) in [6, 6.07) is 1.34. The van der Waals surface area contributed by atoms with Crippen LogP contribution in [0.1, 0.15) is 48.0 Å². The summed E-state index contributed by atoms with van der Waals surface area (Å²) >= 11 is 0. The van der Waals surface area contributed by atoms with Gasteiger partial charge in [-0.15, -0.1) is 0 Å². The Morgan fingerprint density at radius 2 is 2.14 bits per heavy atom. The molecule has 1 aromatic heterocycles. The van der Waals surface area contributed by atoms with Crippen molar-refractivity contribution < 1.29 is 10.0 Å². The van der Waals surface area contributed by atoms with Crippen molar-refractivity contribution in [3.63, 3.8) is 0 Å². The first-order valence-electron chi connectivity index (χ1n) is 7.31. The lowest BCUT2D eigenvalue weighted by molar-refractivity contribution is 0.0930. The Hall–Kier alpha value is -2.11. The maximum absolute atomic E-state index is 12.3. The normalized spacial score (nSPS) is 18.2. The number of nitrogens with zero attached hydrogens (tertiary/aromatic N) is 2. The zero-order valence-corrected chi connectivity index (χ0v) is 12.2. The van der Waals surface area contributed by atoms with Crippen LogP contribution in [0.4, 0.5) is 0 Å². The minimum atomic E-state index is -0.427. The predicted octanol–water partition coefficient (Wildman–Crippen LogP) is 1.82. The SMILES string of the molecule is Cc1cncc(C(=O)NC(C(N)=NO)C2CCCCC2)c1. The average Bonchev–Trinajstić information content (AvgIpc) is 2.52. The monoisotopic (exact) mass is 290 g/mol. The number of nitrogens with two attached hydrogens (primary N) is 1. The minimum absolute atomic E-state index is 0.0656. The standard InChI is InChI=1S/C15H22N4O2/c1-10-7-12(9-17-8-10)15(20)18-13(14(16)19-21)11-5-3-2-4-6-11/h7-9,11,13,21H,2-6H2,1H3,(H2,16,19)(H,18,20). The molecule has 0 aliphatic heterocycles. The number of carbonyl (C=O) groups excluding carboxylic acids is 1. The molecule has 2 rings (SSSR count). The molecular weight excluding hydrogens is 268 g/mol. The van der Waals surface area contributed by atoms with Gasteiger partial charge in [0.2, 0.25) is 0 Å². The molecule has 0 bridgehead atoms. The van der Waals surface area contributed by atoms with Crippen LogP contribution in [0.15, 0.2) is 23.6 Å². The van der Waals surface area contributed by atoms with Crippen molar-refractivity contribution in [3.8, 4) is 0 Å². The molecule has 4 N–H and O–H groups in total. The van der Waals surface area contributed by atoms with Gasteiger partial charge in [0.05, 0.1) is 11.6 Å². The summed E-state index contributed by atoms with van der Waals surface area (Å²) in [5.41, 5.74) is 7.18. The quantitative estimate of drug-likeness (QED) is 0.341. The van der Waals surface area contributed by atoms with Gasteiger partial charge in [0.25, 0.3) is 5.91 Å². The van der Waals surface area contributed by atoms with E-state index in [4.69, 9.17) is 10.9 Å². The van der Waals surface area contributed by atoms with Crippen LogP contribution in [-0.4, -0.2) is 28.0 Å². The highest BCUT2D eigenvalue weighted by Crippen LogP contribution is 2.26. The molecule has 1 aliphatic rings. The molecule has 0 saturated heterocycles. The summed E-state index contributed by atoms with van der Waals surface area (Å²) in [4.78, 5) is 16.3. The fraction of sp³-hybridized carbons (Fsp3) is 0.533. The van der Waals surface area contributed by atoms with E-state index in [1.165, 1.54) is 12.6 Å². The van der Waals surface area contributed by atoms with Crippen molar-refractivity contribution >= 4 is 11.7 Å². The predicted molar refractivity (Wildman–Crippen MR) is 80.2 cm³/mol. The van der Waals surface area contributed by atoms with E-state index < -0.39 is 6.04 Å². The Morgan fingerprint density at radius 3 is 2.76 bits per heavy atom. The first-order chi connectivity index (χ1) is 10.1. The van der Waals surface area contributed by atoms with Gasteiger partial charge in [-0.05, 0) is 37.3 Å². The first-order valence-corrected chi connectivity index (χ1v) is 7.31. The molecule has 1 saturated carbocycles. The lowest BCUT2D eigenvalue weighted by atomic mass is 9.83. The summed E-state index contributed by atoms with van der Waals surface area (Å²) in [5.74, 6) is 0.0422. The van der Waals surface area contributed by atoms with Gasteiger partial charge in [-0.3, -0.25) is 9.78 Å². The third kappa shape index (κ3) is 3.93. The van der Waals surface area contributed by atoms with E-state index in [2.05, 4.69) is 15.5 Å². The first kappa shape index (κ1) is 15.3. The Kier molecular flexibility index (Phi) is 5.14. The van der Waals surface area contributed by atoms with Gasteiger partial charge in [-0.2, -0.15) is 0 Å². The van der Waals surface area contributed by atoms with Crippen LogP contribution in [0, 0.1) is 12.8 Å². The number of hydrogen-bond acceptors (Lipinski definition) is 4. The number of hydrogen-bond donors (Lipinski definition) is 3. The van der Waals surface area contributed by atoms with Gasteiger partial charge in [0.1, 0.15) is 0 Å². The Balaban J connectivity index is 2.12. The molecule has 1 aromatic rings. The maximum atomic E-state index is 12.3. The van der Waals surface area contributed by atoms with Gasteiger partial charge < -0.3 is 16.3 Å². The van der Waals surface area contributed by atoms with Gasteiger partial charge >= 0.3 is 0 Å². The molecule has 1 unspecified atom stereocenters. The average molecular weight is 290 g/mol. The number of amides is 1. The molecule has 1 heterocycles. The van der Waals surface area contributed by atoms with E-state index in [9.17, 15) is 4.79 Å². The van der Waals surface area contributed by atoms with Gasteiger partial charge in [-0.25, -0.2) is 0 Å². The zero-order chi connectivity index (χ0) is 15.2. The van der Waals surface area contributed by atoms with Crippen LogP contribution in [-0.2, 0) is 0 Å². The number of aromatic nitrogens is 1. The number of aryl methyl sites for hydroxylation is 1. The van der Waals surface area contributed by atoms with Gasteiger partial charge in [0, 0.05) is 12.4 Å². The molecule has 0 aromatic carbocycles. The van der Waals surface area contributed by atoms with E-state index in [1.807, 2.05) is 6.92 Å². The van der Waals surface area contributed by atoms with Crippen molar-refractivity contribution in [3.05, 3.63) is 29.6 Å². The molecule has 0 spiro atoms. The van der Waals surface area contributed by atoms with Crippen LogP contribution < -0.4 is 11.1 Å². The Morgan fingerprint density at radius 1 is 1.43 bits per heavy atom. The second-order valence-electron chi connectivity index (χ2n) is 5.63. The summed E-state index contributed by atoms with van der Waals surface area (Å²) in [5, 5.41) is 14.9. The molecule has 1 fully saturated rings. The number of nitrogens with one attached hydrogen (secondary N) is 1. The van der Waals surface area contributed by atoms with E-state index >= 15 is 0 Å². The van der Waals surface area contributed by atoms with E-state index in [1.54, 1.807) is 12.3 Å². The number of oxime groups is 1. The molecule has 1 atom stereocenters. The van der Waals surface area contributed by atoms with E-state index in [0.29, 0.717) is 5.56 Å². The zero-order valence-electron chi connectivity index (χ0n) is 12.2. The van der Waals surface area contributed by atoms with Crippen molar-refractivity contribution in [2.75, 3.05) is 0 Å². The molecule has 1 amide bonds. The summed E-state index contributed by atoms with van der Waals surface area (Å²) in [7, 11) is 0. The molecule has 0 radical (unpaired) electrons. The lowest BCUT2D eigenvalue weighted by Crippen LogP contribution is -2.49. The van der Waals surface area contributed by atoms with E-state index in [0.717, 1.165) is 31.2 Å².